The first-order valence-corrected chi connectivity index (χ1v) is 14.0. The van der Waals surface area contributed by atoms with Crippen LogP contribution in [0.4, 0.5) is 0 Å². The third-order valence-corrected chi connectivity index (χ3v) is 7.71. The van der Waals surface area contributed by atoms with E-state index in [0.29, 0.717) is 29.5 Å². The first-order chi connectivity index (χ1) is 21.1. The van der Waals surface area contributed by atoms with Gasteiger partial charge in [0.05, 0.1) is 5.92 Å². The SMILES string of the molecule is O=C(C=C1c2ccc(O)c(O)c2C(c2ccc(O)c(O)c2)C1C(=O)NCCc1ccc(O)cc1)NCCc1ccc(O)cc1. The van der Waals surface area contributed by atoms with E-state index in [9.17, 15) is 40.2 Å². The van der Waals surface area contributed by atoms with E-state index in [1.54, 1.807) is 48.5 Å². The highest BCUT2D eigenvalue weighted by Gasteiger charge is 2.44. The van der Waals surface area contributed by atoms with Crippen molar-refractivity contribution in [2.45, 2.75) is 18.8 Å². The predicted octanol–water partition coefficient (Wildman–Crippen LogP) is 3.78. The smallest absolute Gasteiger partial charge is 0.244 e. The Morgan fingerprint density at radius 1 is 0.659 bits per heavy atom. The normalized spacial score (nSPS) is 16.4. The van der Waals surface area contributed by atoms with Crippen LogP contribution in [-0.4, -0.2) is 55.5 Å². The highest BCUT2D eigenvalue weighted by Crippen LogP contribution is 2.55. The third kappa shape index (κ3) is 6.39. The Hall–Kier alpha value is -5.64. The fraction of sp³-hybridized carbons (Fsp3) is 0.176. The molecule has 226 valence electrons. The lowest BCUT2D eigenvalue weighted by Crippen LogP contribution is -2.34. The molecule has 0 heterocycles. The summed E-state index contributed by atoms with van der Waals surface area (Å²) in [7, 11) is 0. The summed E-state index contributed by atoms with van der Waals surface area (Å²) in [5.74, 6) is -4.32. The predicted molar refractivity (Wildman–Crippen MR) is 162 cm³/mol. The molecule has 0 radical (unpaired) electrons. The molecule has 0 aromatic heterocycles. The molecule has 10 nitrogen and oxygen atoms in total. The number of phenolic OH excluding ortho intramolecular Hbond substituents is 6. The monoisotopic (exact) mass is 596 g/mol. The molecule has 10 heteroatoms. The van der Waals surface area contributed by atoms with Crippen LogP contribution in [0, 0.1) is 5.92 Å². The lowest BCUT2D eigenvalue weighted by atomic mass is 9.83. The molecule has 2 amide bonds. The largest absolute Gasteiger partial charge is 0.508 e. The molecular formula is C34H32N2O8. The van der Waals surface area contributed by atoms with Crippen molar-refractivity contribution < 1.29 is 40.2 Å². The first-order valence-electron chi connectivity index (χ1n) is 14.0. The van der Waals surface area contributed by atoms with Gasteiger partial charge < -0.3 is 41.3 Å². The highest BCUT2D eigenvalue weighted by molar-refractivity contribution is 6.05. The molecule has 2 unspecified atom stereocenters. The number of amides is 2. The molecule has 0 saturated heterocycles. The number of carbonyl (C=O) groups excluding carboxylic acids is 2. The van der Waals surface area contributed by atoms with Gasteiger partial charge in [-0.05, 0) is 83.1 Å². The summed E-state index contributed by atoms with van der Waals surface area (Å²) in [4.78, 5) is 27.1. The molecule has 44 heavy (non-hydrogen) atoms. The summed E-state index contributed by atoms with van der Waals surface area (Å²) in [6.45, 7) is 0.507. The van der Waals surface area contributed by atoms with Crippen molar-refractivity contribution in [3.63, 3.8) is 0 Å². The van der Waals surface area contributed by atoms with Crippen molar-refractivity contribution in [3.05, 3.63) is 113 Å². The molecule has 0 saturated carbocycles. The number of aromatic hydroxyl groups is 6. The zero-order valence-corrected chi connectivity index (χ0v) is 23.6. The van der Waals surface area contributed by atoms with E-state index >= 15 is 0 Å². The molecule has 2 atom stereocenters. The second-order valence-corrected chi connectivity index (χ2v) is 10.6. The Labute approximate surface area is 253 Å². The van der Waals surface area contributed by atoms with Gasteiger partial charge in [-0.2, -0.15) is 0 Å². The van der Waals surface area contributed by atoms with Gasteiger partial charge in [-0.3, -0.25) is 9.59 Å². The summed E-state index contributed by atoms with van der Waals surface area (Å²) in [5.41, 5.74) is 3.04. The highest BCUT2D eigenvalue weighted by atomic mass is 16.3. The summed E-state index contributed by atoms with van der Waals surface area (Å²) in [5, 5.41) is 66.4. The number of hydrogen-bond acceptors (Lipinski definition) is 8. The Morgan fingerprint density at radius 3 is 1.82 bits per heavy atom. The van der Waals surface area contributed by atoms with Gasteiger partial charge in [-0.1, -0.05) is 36.4 Å². The average molecular weight is 597 g/mol. The van der Waals surface area contributed by atoms with Crippen molar-refractivity contribution in [1.29, 1.82) is 0 Å². The van der Waals surface area contributed by atoms with Crippen molar-refractivity contribution in [2.24, 2.45) is 5.92 Å². The Balaban J connectivity index is 1.47. The molecule has 1 aliphatic rings. The molecule has 0 spiro atoms. The van der Waals surface area contributed by atoms with E-state index in [1.807, 2.05) is 0 Å². The number of benzene rings is 4. The van der Waals surface area contributed by atoms with E-state index in [4.69, 9.17) is 0 Å². The lowest BCUT2D eigenvalue weighted by Gasteiger charge is -2.22. The standard InChI is InChI=1S/C34H32N2O8/c37-22-6-1-19(2-7-22)13-15-35-29(42)18-25-24-10-12-27(40)33(43)31(24)30(21-5-11-26(39)28(41)17-21)32(25)34(44)36-16-14-20-3-8-23(38)9-4-20/h1-12,17-18,30,32,37-41,43H,13-16H2,(H,35,42)(H,36,44). The molecule has 5 rings (SSSR count). The maximum absolute atomic E-state index is 13.9. The average Bonchev–Trinajstić information content (AvgIpc) is 3.32. The topological polar surface area (TPSA) is 180 Å². The minimum atomic E-state index is -1.05. The fourth-order valence-corrected chi connectivity index (χ4v) is 5.52. The summed E-state index contributed by atoms with van der Waals surface area (Å²) >= 11 is 0. The Morgan fingerprint density at radius 2 is 1.23 bits per heavy atom. The van der Waals surface area contributed by atoms with E-state index < -0.39 is 40.9 Å². The quantitative estimate of drug-likeness (QED) is 0.106. The van der Waals surface area contributed by atoms with Crippen molar-refractivity contribution in [2.75, 3.05) is 13.1 Å². The van der Waals surface area contributed by atoms with Crippen LogP contribution in [0.15, 0.2) is 84.9 Å². The van der Waals surface area contributed by atoms with Crippen LogP contribution in [0.2, 0.25) is 0 Å². The molecule has 0 bridgehead atoms. The summed E-state index contributed by atoms with van der Waals surface area (Å²) < 4.78 is 0. The molecular weight excluding hydrogens is 564 g/mol. The number of fused-ring (bicyclic) bond motifs is 1. The van der Waals surface area contributed by atoms with Crippen LogP contribution in [-0.2, 0) is 22.4 Å². The maximum Gasteiger partial charge on any atom is 0.244 e. The van der Waals surface area contributed by atoms with Gasteiger partial charge in [0.2, 0.25) is 11.8 Å². The van der Waals surface area contributed by atoms with Gasteiger partial charge in [0.1, 0.15) is 11.5 Å². The molecule has 8 N–H and O–H groups in total. The number of nitrogens with one attached hydrogen (secondary N) is 2. The van der Waals surface area contributed by atoms with E-state index in [2.05, 4.69) is 10.6 Å². The molecule has 4 aromatic carbocycles. The summed E-state index contributed by atoms with van der Waals surface area (Å²) in [6.07, 6.45) is 2.26. The number of carbonyl (C=O) groups is 2. The van der Waals surface area contributed by atoms with Gasteiger partial charge in [0, 0.05) is 30.6 Å². The van der Waals surface area contributed by atoms with Crippen molar-refractivity contribution >= 4 is 17.4 Å². The molecule has 4 aromatic rings. The van der Waals surface area contributed by atoms with E-state index in [0.717, 1.165) is 11.1 Å². The van der Waals surface area contributed by atoms with Crippen LogP contribution in [0.1, 0.15) is 33.7 Å². The van der Waals surface area contributed by atoms with Crippen LogP contribution < -0.4 is 10.6 Å². The second kappa shape index (κ2) is 12.7. The second-order valence-electron chi connectivity index (χ2n) is 10.6. The minimum absolute atomic E-state index is 0.126. The van der Waals surface area contributed by atoms with Crippen LogP contribution in [0.3, 0.4) is 0 Å². The van der Waals surface area contributed by atoms with Crippen molar-refractivity contribution in [1.82, 2.24) is 10.6 Å². The van der Waals surface area contributed by atoms with Crippen LogP contribution in [0.5, 0.6) is 34.5 Å². The minimum Gasteiger partial charge on any atom is -0.508 e. The maximum atomic E-state index is 13.9. The third-order valence-electron chi connectivity index (χ3n) is 7.71. The van der Waals surface area contributed by atoms with E-state index in [-0.39, 0.29) is 35.9 Å². The number of rotatable bonds is 9. The molecule has 1 aliphatic carbocycles. The number of phenols is 6. The van der Waals surface area contributed by atoms with Crippen molar-refractivity contribution in [3.8, 4) is 34.5 Å². The number of hydrogen-bond donors (Lipinski definition) is 8. The first kappa shape index (κ1) is 29.8. The van der Waals surface area contributed by atoms with Crippen LogP contribution >= 0.6 is 0 Å². The molecule has 0 fully saturated rings. The van der Waals surface area contributed by atoms with Crippen LogP contribution in [0.25, 0.3) is 5.57 Å². The Kier molecular flexibility index (Phi) is 8.61. The Bertz CT molecular complexity index is 1710. The van der Waals surface area contributed by atoms with Gasteiger partial charge in [0.15, 0.2) is 23.0 Å². The summed E-state index contributed by atoms with van der Waals surface area (Å²) in [6, 6.07) is 20.0. The van der Waals surface area contributed by atoms with Gasteiger partial charge in [0.25, 0.3) is 0 Å². The zero-order valence-electron chi connectivity index (χ0n) is 23.6. The van der Waals surface area contributed by atoms with Gasteiger partial charge >= 0.3 is 0 Å². The zero-order chi connectivity index (χ0) is 31.4. The molecule has 0 aliphatic heterocycles. The van der Waals surface area contributed by atoms with Gasteiger partial charge in [-0.25, -0.2) is 0 Å². The van der Waals surface area contributed by atoms with Gasteiger partial charge in [-0.15, -0.1) is 0 Å². The lowest BCUT2D eigenvalue weighted by molar-refractivity contribution is -0.123. The fourth-order valence-electron chi connectivity index (χ4n) is 5.52. The van der Waals surface area contributed by atoms with E-state index in [1.165, 1.54) is 36.4 Å².